The molecule has 0 spiro atoms. The molecule has 0 N–H and O–H groups in total. The quantitative estimate of drug-likeness (QED) is 0.168. The zero-order valence-electron chi connectivity index (χ0n) is 26.2. The molecule has 0 aliphatic heterocycles. The molecule has 7 aromatic rings. The Morgan fingerprint density at radius 3 is 2.18 bits per heavy atom. The second-order valence-electron chi connectivity index (χ2n) is 12.3. The molecule has 227 valence electrons. The summed E-state index contributed by atoms with van der Waals surface area (Å²) in [6.45, 7) is 11.0. The summed E-state index contributed by atoms with van der Waals surface area (Å²) >= 11 is 0. The summed E-state index contributed by atoms with van der Waals surface area (Å²) in [6.07, 6.45) is 4.65. The van der Waals surface area contributed by atoms with Gasteiger partial charge in [0.1, 0.15) is 0 Å². The molecule has 4 heterocycles. The first-order valence-corrected chi connectivity index (χ1v) is 14.9. The monoisotopic (exact) mass is 766 g/mol. The minimum atomic E-state index is 0. The molecule has 0 saturated heterocycles. The predicted molar refractivity (Wildman–Crippen MR) is 180 cm³/mol. The molecular weight excluding hydrogens is 731 g/mol. The molecule has 7 rings (SSSR count). The fourth-order valence-corrected chi connectivity index (χ4v) is 5.58. The summed E-state index contributed by atoms with van der Waals surface area (Å²) in [5.41, 5.74) is 11.2. The topological polar surface area (TPSA) is 51.8 Å². The summed E-state index contributed by atoms with van der Waals surface area (Å²) in [5, 5.41) is 2.05. The van der Waals surface area contributed by atoms with Crippen LogP contribution in [0, 0.1) is 31.4 Å². The first-order chi connectivity index (χ1) is 21.3. The molecule has 0 atom stereocenters. The average molecular weight is 766 g/mol. The van der Waals surface area contributed by atoms with Crippen molar-refractivity contribution in [3.05, 3.63) is 138 Å². The van der Waals surface area contributed by atoms with E-state index in [2.05, 4.69) is 99.2 Å². The second kappa shape index (κ2) is 13.7. The maximum Gasteiger partial charge on any atom is 0.216 e. The van der Waals surface area contributed by atoms with Crippen LogP contribution in [0.1, 0.15) is 37.5 Å². The van der Waals surface area contributed by atoms with Gasteiger partial charge in [-0.3, -0.25) is 0 Å². The zero-order chi connectivity index (χ0) is 30.7. The number of hydrogen-bond acceptors (Lipinski definition) is 4. The predicted octanol–water partition coefficient (Wildman–Crippen LogP) is 10.3. The number of nitrogens with zero attached hydrogens (tertiary/aromatic N) is 3. The SMILES string of the molecule is Cc1cccc(C)c1-c1ccc2c(n1)oc1c(-c3cc(CC(C)(C)C)ccn3)[c-]ccc12.[Ir].[c-]1ccccc1-c1ccccn1. The summed E-state index contributed by atoms with van der Waals surface area (Å²) in [4.78, 5) is 13.8. The summed E-state index contributed by atoms with van der Waals surface area (Å²) in [6, 6.07) is 38.9. The summed E-state index contributed by atoms with van der Waals surface area (Å²) in [7, 11) is 0. The summed E-state index contributed by atoms with van der Waals surface area (Å²) in [5.74, 6) is 0. The van der Waals surface area contributed by atoms with Gasteiger partial charge in [0.15, 0.2) is 0 Å². The molecular formula is C40H35IrN3O-2. The van der Waals surface area contributed by atoms with E-state index < -0.39 is 0 Å². The van der Waals surface area contributed by atoms with Crippen molar-refractivity contribution in [1.29, 1.82) is 0 Å². The van der Waals surface area contributed by atoms with Crippen LogP contribution in [0.2, 0.25) is 0 Å². The number of rotatable bonds is 4. The Morgan fingerprint density at radius 1 is 0.689 bits per heavy atom. The van der Waals surface area contributed by atoms with E-state index in [1.807, 2.05) is 60.8 Å². The van der Waals surface area contributed by atoms with E-state index in [0.717, 1.165) is 56.5 Å². The third-order valence-corrected chi connectivity index (χ3v) is 7.50. The van der Waals surface area contributed by atoms with Crippen molar-refractivity contribution in [2.24, 2.45) is 5.41 Å². The number of aryl methyl sites for hydroxylation is 2. The largest absolute Gasteiger partial charge is 0.486 e. The fourth-order valence-electron chi connectivity index (χ4n) is 5.58. The molecule has 0 amide bonds. The van der Waals surface area contributed by atoms with Gasteiger partial charge < -0.3 is 14.4 Å². The molecule has 0 unspecified atom stereocenters. The Bertz CT molecular complexity index is 1990. The smallest absolute Gasteiger partial charge is 0.216 e. The van der Waals surface area contributed by atoms with Crippen LogP contribution in [0.5, 0.6) is 0 Å². The van der Waals surface area contributed by atoms with Gasteiger partial charge >= 0.3 is 0 Å². The maximum atomic E-state index is 6.34. The van der Waals surface area contributed by atoms with Crippen molar-refractivity contribution in [1.82, 2.24) is 15.0 Å². The maximum absolute atomic E-state index is 6.34. The van der Waals surface area contributed by atoms with Crippen molar-refractivity contribution in [3.8, 4) is 33.8 Å². The molecule has 0 aliphatic rings. The fraction of sp³-hybridized carbons (Fsp3) is 0.175. The summed E-state index contributed by atoms with van der Waals surface area (Å²) < 4.78 is 6.34. The van der Waals surface area contributed by atoms with Crippen LogP contribution in [0.25, 0.3) is 55.8 Å². The van der Waals surface area contributed by atoms with Crippen LogP contribution in [-0.4, -0.2) is 15.0 Å². The Morgan fingerprint density at radius 2 is 1.47 bits per heavy atom. The first kappa shape index (κ1) is 32.0. The molecule has 0 fully saturated rings. The minimum absolute atomic E-state index is 0. The van der Waals surface area contributed by atoms with Crippen molar-refractivity contribution in [3.63, 3.8) is 0 Å². The van der Waals surface area contributed by atoms with E-state index in [0.29, 0.717) is 5.71 Å². The number of aromatic nitrogens is 3. The Labute approximate surface area is 279 Å². The first-order valence-electron chi connectivity index (χ1n) is 14.9. The van der Waals surface area contributed by atoms with E-state index in [1.54, 1.807) is 6.20 Å². The van der Waals surface area contributed by atoms with Crippen LogP contribution in [-0.2, 0) is 26.5 Å². The number of benzene rings is 3. The van der Waals surface area contributed by atoms with Crippen molar-refractivity contribution < 1.29 is 24.5 Å². The van der Waals surface area contributed by atoms with Crippen LogP contribution in [0.15, 0.2) is 114 Å². The van der Waals surface area contributed by atoms with Gasteiger partial charge in [0.05, 0.1) is 11.3 Å². The van der Waals surface area contributed by atoms with E-state index in [-0.39, 0.29) is 25.5 Å². The van der Waals surface area contributed by atoms with Crippen LogP contribution < -0.4 is 0 Å². The Hall–Kier alpha value is -4.44. The van der Waals surface area contributed by atoms with Gasteiger partial charge in [0.25, 0.3) is 0 Å². The van der Waals surface area contributed by atoms with E-state index in [9.17, 15) is 0 Å². The van der Waals surface area contributed by atoms with Crippen LogP contribution >= 0.6 is 0 Å². The van der Waals surface area contributed by atoms with Crippen molar-refractivity contribution in [2.75, 3.05) is 0 Å². The minimum Gasteiger partial charge on any atom is -0.486 e. The number of furan rings is 1. The van der Waals surface area contributed by atoms with E-state index >= 15 is 0 Å². The van der Waals surface area contributed by atoms with E-state index in [4.69, 9.17) is 9.40 Å². The molecule has 4 nitrogen and oxygen atoms in total. The molecule has 0 aliphatic carbocycles. The van der Waals surface area contributed by atoms with Gasteiger partial charge in [-0.15, -0.1) is 54.1 Å². The van der Waals surface area contributed by atoms with Gasteiger partial charge in [0, 0.05) is 43.4 Å². The molecule has 3 aromatic carbocycles. The van der Waals surface area contributed by atoms with Gasteiger partial charge in [-0.25, -0.2) is 4.98 Å². The zero-order valence-corrected chi connectivity index (χ0v) is 28.6. The molecule has 5 heteroatoms. The van der Waals surface area contributed by atoms with Gasteiger partial charge in [0.2, 0.25) is 5.71 Å². The Kier molecular flexibility index (Phi) is 9.72. The standard InChI is InChI=1S/C29H27N2O.C11H8N.Ir/c1-18-8-6-9-19(2)26(18)24-13-12-22-21-10-7-11-23(27(21)32-28(22)31-24)25-16-20(14-15-30-25)17-29(3,4)5;1-2-6-10(7-3-1)11-8-4-5-9-12-11;/h6-10,12-16H,17H2,1-5H3;1-6,8-9H;/q2*-1;. The number of hydrogen-bond donors (Lipinski definition) is 0. The molecule has 45 heavy (non-hydrogen) atoms. The third kappa shape index (κ3) is 7.28. The molecule has 1 radical (unpaired) electrons. The normalized spacial score (nSPS) is 11.1. The van der Waals surface area contributed by atoms with Crippen LogP contribution in [0.3, 0.4) is 0 Å². The van der Waals surface area contributed by atoms with Crippen LogP contribution in [0.4, 0.5) is 0 Å². The third-order valence-electron chi connectivity index (χ3n) is 7.50. The average Bonchev–Trinajstić information content (AvgIpc) is 3.40. The van der Waals surface area contributed by atoms with Crippen molar-refractivity contribution in [2.45, 2.75) is 41.0 Å². The van der Waals surface area contributed by atoms with Gasteiger partial charge in [-0.1, -0.05) is 73.7 Å². The molecule has 0 saturated carbocycles. The van der Waals surface area contributed by atoms with Gasteiger partial charge in [-0.05, 0) is 72.5 Å². The Balaban J connectivity index is 0.000000258. The molecule has 0 bridgehead atoms. The van der Waals surface area contributed by atoms with Crippen molar-refractivity contribution >= 4 is 22.1 Å². The molecule has 4 aromatic heterocycles. The number of fused-ring (bicyclic) bond motifs is 3. The van der Waals surface area contributed by atoms with Gasteiger partial charge in [-0.2, -0.15) is 0 Å². The second-order valence-corrected chi connectivity index (χ2v) is 12.3. The van der Waals surface area contributed by atoms with E-state index in [1.165, 1.54) is 16.7 Å². The number of pyridine rings is 3.